The number of aryl methyl sites for hydroxylation is 1. The minimum absolute atomic E-state index is 0.0450. The van der Waals surface area contributed by atoms with Crippen molar-refractivity contribution >= 4 is 5.78 Å². The minimum atomic E-state index is -1.09. The fourth-order valence-corrected chi connectivity index (χ4v) is 9.90. The van der Waals surface area contributed by atoms with Crippen LogP contribution in [0.3, 0.4) is 0 Å². The highest BCUT2D eigenvalue weighted by atomic mass is 16.6. The lowest BCUT2D eigenvalue weighted by atomic mass is 9.44. The van der Waals surface area contributed by atoms with Crippen molar-refractivity contribution < 1.29 is 14.6 Å². The van der Waals surface area contributed by atoms with Crippen LogP contribution >= 0.6 is 0 Å². The Balaban J connectivity index is 1.20. The standard InChI is InChI=1S/C37H48O3/c1-5-27-11-13-29(14-12-27)25-40-37(39)22-21-34(3)30(24-37)15-16-31-32(34)17-19-35(4)33(31)18-20-36(35,26(2)38)23-28-9-7-6-8-10-28/h6-15,31-33,39H,5,16-25H2,1-4H3/t31-,32+,33+,34+,35+,36+,37-/m1/s1. The molecule has 3 saturated carbocycles. The van der Waals surface area contributed by atoms with Crippen molar-refractivity contribution in [1.29, 1.82) is 0 Å². The highest BCUT2D eigenvalue weighted by molar-refractivity contribution is 5.84. The van der Waals surface area contributed by atoms with Crippen LogP contribution < -0.4 is 0 Å². The van der Waals surface area contributed by atoms with Gasteiger partial charge in [-0.2, -0.15) is 0 Å². The van der Waals surface area contributed by atoms with Crippen molar-refractivity contribution in [2.45, 2.75) is 104 Å². The van der Waals surface area contributed by atoms with E-state index in [9.17, 15) is 9.90 Å². The average Bonchev–Trinajstić information content (AvgIpc) is 3.26. The highest BCUT2D eigenvalue weighted by Crippen LogP contribution is 2.70. The lowest BCUT2D eigenvalue weighted by molar-refractivity contribution is -0.231. The van der Waals surface area contributed by atoms with Crippen molar-refractivity contribution in [3.05, 3.63) is 82.9 Å². The maximum absolute atomic E-state index is 13.5. The van der Waals surface area contributed by atoms with Gasteiger partial charge >= 0.3 is 0 Å². The van der Waals surface area contributed by atoms with E-state index >= 15 is 0 Å². The van der Waals surface area contributed by atoms with E-state index in [1.165, 1.54) is 23.1 Å². The van der Waals surface area contributed by atoms with Gasteiger partial charge in [0.15, 0.2) is 5.79 Å². The Bertz CT molecular complexity index is 1260. The molecule has 2 aromatic carbocycles. The topological polar surface area (TPSA) is 46.5 Å². The number of Topliss-reactive ketones (excluding diaryl/α,β-unsaturated/α-hetero) is 1. The maximum atomic E-state index is 13.5. The van der Waals surface area contributed by atoms with Crippen LogP contribution in [0.25, 0.3) is 0 Å². The average molecular weight is 541 g/mol. The number of ketones is 1. The third-order valence-corrected chi connectivity index (χ3v) is 12.5. The number of allylic oxidation sites excluding steroid dienone is 1. The normalized spacial score (nSPS) is 38.6. The summed E-state index contributed by atoms with van der Waals surface area (Å²) in [5.74, 6) is 1.13. The number of aliphatic hydroxyl groups is 1. The Morgan fingerprint density at radius 2 is 1.60 bits per heavy atom. The quantitative estimate of drug-likeness (QED) is 0.284. The number of rotatable bonds is 7. The molecule has 3 nitrogen and oxygen atoms in total. The molecule has 1 N–H and O–H groups in total. The van der Waals surface area contributed by atoms with Gasteiger partial charge in [0.25, 0.3) is 0 Å². The summed E-state index contributed by atoms with van der Waals surface area (Å²) >= 11 is 0. The Labute approximate surface area is 241 Å². The molecule has 0 amide bonds. The summed E-state index contributed by atoms with van der Waals surface area (Å²) in [6.07, 6.45) is 12.2. The van der Waals surface area contributed by atoms with E-state index in [1.54, 1.807) is 0 Å². The van der Waals surface area contributed by atoms with Gasteiger partial charge < -0.3 is 9.84 Å². The first-order valence-corrected chi connectivity index (χ1v) is 15.8. The molecule has 0 radical (unpaired) electrons. The number of carbonyl (C=O) groups is 1. The van der Waals surface area contributed by atoms with Crippen molar-refractivity contribution in [2.24, 2.45) is 34.0 Å². The number of benzene rings is 2. The minimum Gasteiger partial charge on any atom is -0.365 e. The van der Waals surface area contributed by atoms with Crippen LogP contribution in [0.2, 0.25) is 0 Å². The Morgan fingerprint density at radius 1 is 0.900 bits per heavy atom. The summed E-state index contributed by atoms with van der Waals surface area (Å²) < 4.78 is 6.23. The van der Waals surface area contributed by atoms with Crippen molar-refractivity contribution in [3.8, 4) is 0 Å². The summed E-state index contributed by atoms with van der Waals surface area (Å²) in [7, 11) is 0. The zero-order valence-electron chi connectivity index (χ0n) is 25.0. The van der Waals surface area contributed by atoms with E-state index in [4.69, 9.17) is 4.74 Å². The van der Waals surface area contributed by atoms with Gasteiger partial charge in [0.05, 0.1) is 6.61 Å². The predicted molar refractivity (Wildman–Crippen MR) is 161 cm³/mol. The number of fused-ring (bicyclic) bond motifs is 5. The molecule has 2 aromatic rings. The smallest absolute Gasteiger partial charge is 0.169 e. The van der Waals surface area contributed by atoms with E-state index in [0.717, 1.165) is 50.5 Å². The summed E-state index contributed by atoms with van der Waals surface area (Å²) in [5, 5.41) is 11.5. The van der Waals surface area contributed by atoms with Crippen LogP contribution in [0.4, 0.5) is 0 Å². The molecule has 6 rings (SSSR count). The molecule has 0 bridgehead atoms. The van der Waals surface area contributed by atoms with E-state index in [1.807, 2.05) is 6.92 Å². The lowest BCUT2D eigenvalue weighted by Crippen LogP contribution is -2.55. The number of ether oxygens (including phenoxy) is 1. The first kappa shape index (κ1) is 27.9. The number of hydrogen-bond donors (Lipinski definition) is 1. The van der Waals surface area contributed by atoms with Gasteiger partial charge in [-0.3, -0.25) is 4.79 Å². The molecular formula is C37H48O3. The monoisotopic (exact) mass is 540 g/mol. The van der Waals surface area contributed by atoms with E-state index in [0.29, 0.717) is 43.0 Å². The zero-order valence-corrected chi connectivity index (χ0v) is 25.0. The molecule has 0 saturated heterocycles. The number of carbonyl (C=O) groups excluding carboxylic acids is 1. The molecule has 0 aromatic heterocycles. The molecule has 3 heteroatoms. The molecule has 40 heavy (non-hydrogen) atoms. The molecule has 7 atom stereocenters. The lowest BCUT2D eigenvalue weighted by Gasteiger charge is -2.60. The molecule has 4 aliphatic carbocycles. The van der Waals surface area contributed by atoms with Gasteiger partial charge in [0.2, 0.25) is 0 Å². The highest BCUT2D eigenvalue weighted by Gasteiger charge is 2.65. The molecule has 0 spiro atoms. The van der Waals surface area contributed by atoms with Crippen LogP contribution in [0, 0.1) is 34.0 Å². The van der Waals surface area contributed by atoms with Crippen molar-refractivity contribution in [2.75, 3.05) is 0 Å². The fraction of sp³-hybridized carbons (Fsp3) is 0.595. The van der Waals surface area contributed by atoms with Gasteiger partial charge in [-0.25, -0.2) is 0 Å². The first-order valence-electron chi connectivity index (χ1n) is 15.8. The summed E-state index contributed by atoms with van der Waals surface area (Å²) in [6.45, 7) is 9.42. The molecule has 0 heterocycles. The van der Waals surface area contributed by atoms with Crippen LogP contribution in [0.1, 0.15) is 95.8 Å². The molecular weight excluding hydrogens is 492 g/mol. The van der Waals surface area contributed by atoms with Crippen molar-refractivity contribution in [1.82, 2.24) is 0 Å². The third kappa shape index (κ3) is 4.43. The molecule has 3 fully saturated rings. The third-order valence-electron chi connectivity index (χ3n) is 12.5. The molecule has 0 aliphatic heterocycles. The summed E-state index contributed by atoms with van der Waals surface area (Å²) in [6, 6.07) is 19.3. The Morgan fingerprint density at radius 3 is 2.30 bits per heavy atom. The maximum Gasteiger partial charge on any atom is 0.169 e. The largest absolute Gasteiger partial charge is 0.365 e. The van der Waals surface area contributed by atoms with Crippen LogP contribution in [0.15, 0.2) is 66.2 Å². The zero-order chi connectivity index (χ0) is 28.2. The van der Waals surface area contributed by atoms with E-state index in [-0.39, 0.29) is 16.2 Å². The van der Waals surface area contributed by atoms with E-state index in [2.05, 4.69) is 81.4 Å². The van der Waals surface area contributed by atoms with Crippen LogP contribution in [0.5, 0.6) is 0 Å². The first-order chi connectivity index (χ1) is 19.1. The Hall–Kier alpha value is -2.23. The second kappa shape index (κ2) is 10.2. The fourth-order valence-electron chi connectivity index (χ4n) is 9.90. The van der Waals surface area contributed by atoms with Crippen molar-refractivity contribution in [3.63, 3.8) is 0 Å². The Kier molecular flexibility index (Phi) is 7.15. The summed E-state index contributed by atoms with van der Waals surface area (Å²) in [5.41, 5.74) is 5.05. The molecule has 0 unspecified atom stereocenters. The number of hydrogen-bond acceptors (Lipinski definition) is 3. The van der Waals surface area contributed by atoms with Gasteiger partial charge in [-0.15, -0.1) is 0 Å². The van der Waals surface area contributed by atoms with E-state index < -0.39 is 5.79 Å². The van der Waals surface area contributed by atoms with Crippen LogP contribution in [-0.4, -0.2) is 16.7 Å². The van der Waals surface area contributed by atoms with Gasteiger partial charge in [-0.1, -0.05) is 87.0 Å². The second-order valence-corrected chi connectivity index (χ2v) is 14.1. The predicted octanol–water partition coefficient (Wildman–Crippen LogP) is 8.24. The second-order valence-electron chi connectivity index (χ2n) is 14.1. The van der Waals surface area contributed by atoms with Gasteiger partial charge in [0.1, 0.15) is 5.78 Å². The molecule has 4 aliphatic rings. The summed E-state index contributed by atoms with van der Waals surface area (Å²) in [4.78, 5) is 13.5. The van der Waals surface area contributed by atoms with Gasteiger partial charge in [-0.05, 0) is 104 Å². The van der Waals surface area contributed by atoms with Crippen LogP contribution in [-0.2, 0) is 29.0 Å². The van der Waals surface area contributed by atoms with Gasteiger partial charge in [0, 0.05) is 18.3 Å². The molecule has 214 valence electrons. The SMILES string of the molecule is CCc1ccc(CO[C@]2(O)CC[C@@]3(C)C(=CC[C@@H]4[C@@H]3CC[C@@]3(C)[C@H]4CC[C@]3(Cc3ccccc3)C(C)=O)C2)cc1.